The van der Waals surface area contributed by atoms with Crippen molar-refractivity contribution >= 4 is 5.91 Å². The van der Waals surface area contributed by atoms with Crippen LogP contribution in [0.3, 0.4) is 0 Å². The van der Waals surface area contributed by atoms with Gasteiger partial charge >= 0.3 is 0 Å². The van der Waals surface area contributed by atoms with E-state index in [1.54, 1.807) is 31.2 Å². The first kappa shape index (κ1) is 14.4. The number of ether oxygens (including phenoxy) is 1. The highest BCUT2D eigenvalue weighted by atomic mass is 16.5. The van der Waals surface area contributed by atoms with Gasteiger partial charge in [-0.2, -0.15) is 5.26 Å². The summed E-state index contributed by atoms with van der Waals surface area (Å²) < 4.78 is 5.67. The minimum Gasteiger partial charge on any atom is -0.481 e. The van der Waals surface area contributed by atoms with Crippen LogP contribution in [0.1, 0.15) is 38.2 Å². The summed E-state index contributed by atoms with van der Waals surface area (Å²) in [5.74, 6) is 0.677. The van der Waals surface area contributed by atoms with Crippen molar-refractivity contribution < 1.29 is 9.53 Å². The van der Waals surface area contributed by atoms with Crippen molar-refractivity contribution in [2.24, 2.45) is 0 Å². The van der Waals surface area contributed by atoms with Gasteiger partial charge in [0.25, 0.3) is 5.91 Å². The quantitative estimate of drug-likeness (QED) is 0.850. The predicted octanol–water partition coefficient (Wildman–Crippen LogP) is 2.73. The van der Waals surface area contributed by atoms with E-state index in [0.717, 1.165) is 25.9 Å². The third-order valence-electron chi connectivity index (χ3n) is 3.56. The van der Waals surface area contributed by atoms with Crippen LogP contribution in [0.15, 0.2) is 24.3 Å². The van der Waals surface area contributed by atoms with Crippen LogP contribution in [0.25, 0.3) is 0 Å². The number of hydrogen-bond donors (Lipinski definition) is 0. The van der Waals surface area contributed by atoms with Crippen LogP contribution >= 0.6 is 0 Å². The summed E-state index contributed by atoms with van der Waals surface area (Å²) in [4.78, 5) is 14.2. The highest BCUT2D eigenvalue weighted by Crippen LogP contribution is 2.16. The van der Waals surface area contributed by atoms with Gasteiger partial charge < -0.3 is 9.64 Å². The lowest BCUT2D eigenvalue weighted by atomic mass is 10.2. The van der Waals surface area contributed by atoms with Crippen molar-refractivity contribution in [1.29, 1.82) is 5.26 Å². The van der Waals surface area contributed by atoms with E-state index in [9.17, 15) is 4.79 Å². The van der Waals surface area contributed by atoms with Crippen molar-refractivity contribution in [1.82, 2.24) is 4.90 Å². The topological polar surface area (TPSA) is 53.3 Å². The van der Waals surface area contributed by atoms with Gasteiger partial charge in [0, 0.05) is 13.1 Å². The molecule has 1 saturated heterocycles. The molecule has 1 atom stereocenters. The van der Waals surface area contributed by atoms with Crippen molar-refractivity contribution in [2.45, 2.75) is 38.7 Å². The van der Waals surface area contributed by atoms with E-state index in [2.05, 4.69) is 6.07 Å². The lowest BCUT2D eigenvalue weighted by Gasteiger charge is -2.24. The molecule has 1 aromatic rings. The lowest BCUT2D eigenvalue weighted by Crippen LogP contribution is -2.40. The zero-order valence-electron chi connectivity index (χ0n) is 11.8. The van der Waals surface area contributed by atoms with Crippen molar-refractivity contribution in [3.63, 3.8) is 0 Å². The van der Waals surface area contributed by atoms with Gasteiger partial charge in [-0.05, 0) is 44.0 Å². The predicted molar refractivity (Wildman–Crippen MR) is 76.3 cm³/mol. The number of likely N-dealkylation sites (tertiary alicyclic amines) is 1. The average molecular weight is 272 g/mol. The van der Waals surface area contributed by atoms with Gasteiger partial charge in [0.2, 0.25) is 0 Å². The summed E-state index contributed by atoms with van der Waals surface area (Å²) in [5, 5.41) is 8.74. The molecule has 1 aliphatic heterocycles. The first-order valence-corrected chi connectivity index (χ1v) is 7.16. The van der Waals surface area contributed by atoms with Gasteiger partial charge in [-0.3, -0.25) is 4.79 Å². The Labute approximate surface area is 120 Å². The van der Waals surface area contributed by atoms with Crippen molar-refractivity contribution in [2.75, 3.05) is 13.1 Å². The number of benzene rings is 1. The fourth-order valence-corrected chi connectivity index (χ4v) is 2.41. The fourth-order valence-electron chi connectivity index (χ4n) is 2.41. The summed E-state index contributed by atoms with van der Waals surface area (Å²) in [5.41, 5.74) is 0.587. The first-order valence-electron chi connectivity index (χ1n) is 7.16. The molecular formula is C16H20N2O2. The van der Waals surface area contributed by atoms with Crippen molar-refractivity contribution in [3.8, 4) is 11.8 Å². The zero-order valence-corrected chi connectivity index (χ0v) is 11.8. The molecule has 0 saturated carbocycles. The van der Waals surface area contributed by atoms with Crippen LogP contribution in [0.2, 0.25) is 0 Å². The molecule has 106 valence electrons. The van der Waals surface area contributed by atoms with Gasteiger partial charge in [-0.25, -0.2) is 0 Å². The average Bonchev–Trinajstić information content (AvgIpc) is 2.76. The Morgan fingerprint density at radius 3 is 2.35 bits per heavy atom. The number of carbonyl (C=O) groups excluding carboxylic acids is 1. The molecule has 1 amide bonds. The van der Waals surface area contributed by atoms with Crippen LogP contribution in [-0.4, -0.2) is 30.0 Å². The Kier molecular flexibility index (Phi) is 5.00. The second kappa shape index (κ2) is 6.95. The van der Waals surface area contributed by atoms with Crippen LogP contribution in [-0.2, 0) is 4.79 Å². The molecule has 0 aromatic heterocycles. The molecule has 1 aliphatic rings. The highest BCUT2D eigenvalue weighted by Gasteiger charge is 2.22. The molecule has 4 nitrogen and oxygen atoms in total. The van der Waals surface area contributed by atoms with E-state index in [1.807, 2.05) is 4.90 Å². The van der Waals surface area contributed by atoms with E-state index in [-0.39, 0.29) is 5.91 Å². The van der Waals surface area contributed by atoms with Gasteiger partial charge in [-0.15, -0.1) is 0 Å². The smallest absolute Gasteiger partial charge is 0.263 e. The maximum atomic E-state index is 12.3. The third-order valence-corrected chi connectivity index (χ3v) is 3.56. The van der Waals surface area contributed by atoms with Gasteiger partial charge in [0.1, 0.15) is 5.75 Å². The molecule has 1 unspecified atom stereocenters. The van der Waals surface area contributed by atoms with Crippen molar-refractivity contribution in [3.05, 3.63) is 29.8 Å². The summed E-state index contributed by atoms with van der Waals surface area (Å²) in [6.07, 6.45) is 4.08. The maximum absolute atomic E-state index is 12.3. The molecule has 0 N–H and O–H groups in total. The zero-order chi connectivity index (χ0) is 14.4. The molecular weight excluding hydrogens is 252 g/mol. The number of nitriles is 1. The molecule has 0 aliphatic carbocycles. The second-order valence-corrected chi connectivity index (χ2v) is 5.14. The first-order chi connectivity index (χ1) is 9.70. The summed E-state index contributed by atoms with van der Waals surface area (Å²) in [6, 6.07) is 8.90. The molecule has 0 radical (unpaired) electrons. The summed E-state index contributed by atoms with van der Waals surface area (Å²) >= 11 is 0. The SMILES string of the molecule is CC(Oc1ccc(C#N)cc1)C(=O)N1CCCCCC1. The van der Waals surface area contributed by atoms with Gasteiger partial charge in [0.05, 0.1) is 11.6 Å². The monoisotopic (exact) mass is 272 g/mol. The molecule has 0 bridgehead atoms. The highest BCUT2D eigenvalue weighted by molar-refractivity contribution is 5.80. The van der Waals surface area contributed by atoms with Crippen LogP contribution in [0.5, 0.6) is 5.75 Å². The molecule has 2 rings (SSSR count). The molecule has 1 heterocycles. The Morgan fingerprint density at radius 1 is 1.20 bits per heavy atom. The molecule has 4 heteroatoms. The third kappa shape index (κ3) is 3.74. The van der Waals surface area contributed by atoms with E-state index < -0.39 is 6.10 Å². The summed E-state index contributed by atoms with van der Waals surface area (Å²) in [7, 11) is 0. The Bertz CT molecular complexity index is 482. The number of rotatable bonds is 3. The fraction of sp³-hybridized carbons (Fsp3) is 0.500. The van der Waals surface area contributed by atoms with Gasteiger partial charge in [0.15, 0.2) is 6.10 Å². The number of nitrogens with zero attached hydrogens (tertiary/aromatic N) is 2. The Hall–Kier alpha value is -2.02. The second-order valence-electron chi connectivity index (χ2n) is 5.14. The van der Waals surface area contributed by atoms with Crippen LogP contribution < -0.4 is 4.74 Å². The standard InChI is InChI=1S/C16H20N2O2/c1-13(16(19)18-10-4-2-3-5-11-18)20-15-8-6-14(12-17)7-9-15/h6-9,13H,2-5,10-11H2,1H3. The molecule has 1 fully saturated rings. The Balaban J connectivity index is 1.94. The molecule has 0 spiro atoms. The van der Waals surface area contributed by atoms with Crippen LogP contribution in [0.4, 0.5) is 0 Å². The number of amides is 1. The normalized spacial score (nSPS) is 16.9. The summed E-state index contributed by atoms with van der Waals surface area (Å²) in [6.45, 7) is 3.45. The minimum atomic E-state index is -0.485. The van der Waals surface area contributed by atoms with E-state index >= 15 is 0 Å². The van der Waals surface area contributed by atoms with Gasteiger partial charge in [-0.1, -0.05) is 12.8 Å². The van der Waals surface area contributed by atoms with Crippen LogP contribution in [0, 0.1) is 11.3 Å². The minimum absolute atomic E-state index is 0.0521. The Morgan fingerprint density at radius 2 is 1.80 bits per heavy atom. The molecule has 1 aromatic carbocycles. The van der Waals surface area contributed by atoms with E-state index in [1.165, 1.54) is 12.8 Å². The maximum Gasteiger partial charge on any atom is 0.263 e. The number of hydrogen-bond acceptors (Lipinski definition) is 3. The van der Waals surface area contributed by atoms with E-state index in [4.69, 9.17) is 10.00 Å². The largest absolute Gasteiger partial charge is 0.481 e. The lowest BCUT2D eigenvalue weighted by molar-refractivity contribution is -0.137. The number of carbonyl (C=O) groups is 1. The van der Waals surface area contributed by atoms with E-state index in [0.29, 0.717) is 11.3 Å². The molecule has 20 heavy (non-hydrogen) atoms.